The summed E-state index contributed by atoms with van der Waals surface area (Å²) in [5, 5.41) is 8.91. The lowest BCUT2D eigenvalue weighted by Gasteiger charge is -2.21. The molecular formula is C13H17NO2. The maximum Gasteiger partial charge on any atom is 0.142 e. The van der Waals surface area contributed by atoms with E-state index in [-0.39, 0.29) is 6.61 Å². The van der Waals surface area contributed by atoms with E-state index in [1.165, 1.54) is 6.08 Å². The van der Waals surface area contributed by atoms with Crippen molar-refractivity contribution < 1.29 is 9.90 Å². The van der Waals surface area contributed by atoms with E-state index < -0.39 is 0 Å². The van der Waals surface area contributed by atoms with Crippen molar-refractivity contribution in [3.63, 3.8) is 0 Å². The molecule has 3 heteroatoms. The van der Waals surface area contributed by atoms with Crippen LogP contribution in [-0.2, 0) is 4.79 Å². The van der Waals surface area contributed by atoms with E-state index in [0.29, 0.717) is 6.54 Å². The van der Waals surface area contributed by atoms with Gasteiger partial charge in [-0.25, -0.2) is 0 Å². The van der Waals surface area contributed by atoms with Gasteiger partial charge in [0.2, 0.25) is 0 Å². The molecule has 3 nitrogen and oxygen atoms in total. The van der Waals surface area contributed by atoms with Gasteiger partial charge in [0.25, 0.3) is 0 Å². The molecular weight excluding hydrogens is 202 g/mol. The van der Waals surface area contributed by atoms with Crippen LogP contribution in [0.15, 0.2) is 30.3 Å². The van der Waals surface area contributed by atoms with Crippen LogP contribution in [-0.4, -0.2) is 31.1 Å². The number of aldehydes is 1. The van der Waals surface area contributed by atoms with Crippen LogP contribution >= 0.6 is 0 Å². The molecule has 0 atom stereocenters. The Morgan fingerprint density at radius 3 is 2.50 bits per heavy atom. The lowest BCUT2D eigenvalue weighted by molar-refractivity contribution is -0.104. The molecule has 16 heavy (non-hydrogen) atoms. The molecule has 1 aromatic carbocycles. The predicted octanol–water partition coefficient (Wildman–Crippen LogP) is 1.72. The summed E-state index contributed by atoms with van der Waals surface area (Å²) in [5.74, 6) is 0. The number of aliphatic hydroxyl groups excluding tert-OH is 1. The maximum atomic E-state index is 10.2. The highest BCUT2D eigenvalue weighted by molar-refractivity contribution is 5.74. The van der Waals surface area contributed by atoms with Crippen molar-refractivity contribution in [1.29, 1.82) is 0 Å². The molecule has 0 saturated heterocycles. The molecule has 0 amide bonds. The third kappa shape index (κ3) is 3.51. The number of nitrogens with zero attached hydrogens (tertiary/aromatic N) is 1. The second-order valence-electron chi connectivity index (χ2n) is 3.39. The van der Waals surface area contributed by atoms with Crippen molar-refractivity contribution in [2.24, 2.45) is 0 Å². The highest BCUT2D eigenvalue weighted by atomic mass is 16.3. The minimum atomic E-state index is 0.153. The van der Waals surface area contributed by atoms with E-state index >= 15 is 0 Å². The van der Waals surface area contributed by atoms with Crippen molar-refractivity contribution in [2.75, 3.05) is 24.6 Å². The zero-order valence-corrected chi connectivity index (χ0v) is 9.47. The molecule has 1 aromatic rings. The van der Waals surface area contributed by atoms with Crippen LogP contribution in [0.3, 0.4) is 0 Å². The molecule has 0 fully saturated rings. The summed E-state index contributed by atoms with van der Waals surface area (Å²) in [5.41, 5.74) is 2.08. The van der Waals surface area contributed by atoms with E-state index in [2.05, 4.69) is 11.8 Å². The molecule has 0 spiro atoms. The van der Waals surface area contributed by atoms with Crippen LogP contribution in [0.5, 0.6) is 0 Å². The fraction of sp³-hybridized carbons (Fsp3) is 0.308. The van der Waals surface area contributed by atoms with Crippen LogP contribution < -0.4 is 4.90 Å². The monoisotopic (exact) mass is 219 g/mol. The number of hydrogen-bond acceptors (Lipinski definition) is 3. The van der Waals surface area contributed by atoms with Crippen LogP contribution in [0.4, 0.5) is 5.69 Å². The molecule has 0 unspecified atom stereocenters. The Bertz CT molecular complexity index is 343. The summed E-state index contributed by atoms with van der Waals surface area (Å²) >= 11 is 0. The SMILES string of the molecule is CCN(CCO)c1ccc(C=CC=O)cc1. The molecule has 0 radical (unpaired) electrons. The topological polar surface area (TPSA) is 40.5 Å². The number of likely N-dealkylation sites (N-methyl/N-ethyl adjacent to an activating group) is 1. The largest absolute Gasteiger partial charge is 0.395 e. The van der Waals surface area contributed by atoms with Crippen LogP contribution in [0.25, 0.3) is 6.08 Å². The smallest absolute Gasteiger partial charge is 0.142 e. The molecule has 1 rings (SSSR count). The van der Waals surface area contributed by atoms with Gasteiger partial charge in [0.1, 0.15) is 6.29 Å². The molecule has 0 aliphatic rings. The summed E-state index contributed by atoms with van der Waals surface area (Å²) in [7, 11) is 0. The fourth-order valence-corrected chi connectivity index (χ4v) is 1.54. The van der Waals surface area contributed by atoms with Crippen molar-refractivity contribution in [1.82, 2.24) is 0 Å². The number of carbonyl (C=O) groups is 1. The van der Waals surface area contributed by atoms with Gasteiger partial charge in [-0.15, -0.1) is 0 Å². The van der Waals surface area contributed by atoms with Crippen LogP contribution in [0.1, 0.15) is 12.5 Å². The third-order valence-electron chi connectivity index (χ3n) is 2.38. The minimum Gasteiger partial charge on any atom is -0.395 e. The van der Waals surface area contributed by atoms with Gasteiger partial charge in [-0.1, -0.05) is 18.2 Å². The van der Waals surface area contributed by atoms with Crippen molar-refractivity contribution >= 4 is 18.0 Å². The first-order valence-corrected chi connectivity index (χ1v) is 5.39. The molecule has 0 aliphatic heterocycles. The van der Waals surface area contributed by atoms with Gasteiger partial charge in [-0.05, 0) is 30.7 Å². The van der Waals surface area contributed by atoms with Crippen molar-refractivity contribution in [2.45, 2.75) is 6.92 Å². The Balaban J connectivity index is 2.76. The molecule has 0 saturated carbocycles. The van der Waals surface area contributed by atoms with E-state index in [1.807, 2.05) is 24.3 Å². The number of carbonyl (C=O) groups excluding carboxylic acids is 1. The normalized spacial score (nSPS) is 10.6. The first-order valence-electron chi connectivity index (χ1n) is 5.39. The zero-order chi connectivity index (χ0) is 11.8. The first-order chi connectivity index (χ1) is 7.81. The average Bonchev–Trinajstić information content (AvgIpc) is 2.34. The summed E-state index contributed by atoms with van der Waals surface area (Å²) in [6, 6.07) is 7.89. The highest BCUT2D eigenvalue weighted by Gasteiger charge is 2.01. The summed E-state index contributed by atoms with van der Waals surface area (Å²) in [4.78, 5) is 12.3. The fourth-order valence-electron chi connectivity index (χ4n) is 1.54. The molecule has 86 valence electrons. The quantitative estimate of drug-likeness (QED) is 0.585. The van der Waals surface area contributed by atoms with Gasteiger partial charge >= 0.3 is 0 Å². The lowest BCUT2D eigenvalue weighted by atomic mass is 10.2. The zero-order valence-electron chi connectivity index (χ0n) is 9.47. The second-order valence-corrected chi connectivity index (χ2v) is 3.39. The van der Waals surface area contributed by atoms with Crippen LogP contribution in [0.2, 0.25) is 0 Å². The standard InChI is InChI=1S/C13H17NO2/c1-2-14(9-11-16)13-7-5-12(6-8-13)4-3-10-15/h3-8,10,16H,2,9,11H2,1H3. The highest BCUT2D eigenvalue weighted by Crippen LogP contribution is 2.15. The Morgan fingerprint density at radius 2 is 2.00 bits per heavy atom. The van der Waals surface area contributed by atoms with Crippen LogP contribution in [0, 0.1) is 0 Å². The summed E-state index contributed by atoms with van der Waals surface area (Å²) < 4.78 is 0. The average molecular weight is 219 g/mol. The van der Waals surface area contributed by atoms with E-state index in [0.717, 1.165) is 24.1 Å². The summed E-state index contributed by atoms with van der Waals surface area (Å²) in [6.07, 6.45) is 4.00. The van der Waals surface area contributed by atoms with Gasteiger partial charge < -0.3 is 10.0 Å². The van der Waals surface area contributed by atoms with Gasteiger partial charge in [-0.3, -0.25) is 4.79 Å². The number of allylic oxidation sites excluding steroid dienone is 1. The number of hydrogen-bond donors (Lipinski definition) is 1. The number of rotatable bonds is 6. The van der Waals surface area contributed by atoms with E-state index in [1.54, 1.807) is 6.08 Å². The predicted molar refractivity (Wildman–Crippen MR) is 66.5 cm³/mol. The second kappa shape index (κ2) is 6.80. The number of benzene rings is 1. The van der Waals surface area contributed by atoms with Crippen molar-refractivity contribution in [3.05, 3.63) is 35.9 Å². The van der Waals surface area contributed by atoms with Gasteiger partial charge in [0, 0.05) is 18.8 Å². The lowest BCUT2D eigenvalue weighted by Crippen LogP contribution is -2.25. The number of anilines is 1. The Labute approximate surface area is 96.0 Å². The Hall–Kier alpha value is -1.61. The van der Waals surface area contributed by atoms with Gasteiger partial charge in [-0.2, -0.15) is 0 Å². The van der Waals surface area contributed by atoms with E-state index in [4.69, 9.17) is 5.11 Å². The van der Waals surface area contributed by atoms with Gasteiger partial charge in [0.15, 0.2) is 0 Å². The van der Waals surface area contributed by atoms with E-state index in [9.17, 15) is 4.79 Å². The molecule has 0 aromatic heterocycles. The summed E-state index contributed by atoms with van der Waals surface area (Å²) in [6.45, 7) is 3.71. The molecule has 0 bridgehead atoms. The molecule has 0 heterocycles. The molecule has 0 aliphatic carbocycles. The maximum absolute atomic E-state index is 10.2. The Kier molecular flexibility index (Phi) is 5.29. The Morgan fingerprint density at radius 1 is 1.31 bits per heavy atom. The first kappa shape index (κ1) is 12.5. The molecule has 1 N–H and O–H groups in total. The third-order valence-corrected chi connectivity index (χ3v) is 2.38. The van der Waals surface area contributed by atoms with Gasteiger partial charge in [0.05, 0.1) is 6.61 Å². The number of aliphatic hydroxyl groups is 1. The van der Waals surface area contributed by atoms with Crippen molar-refractivity contribution in [3.8, 4) is 0 Å². The minimum absolute atomic E-state index is 0.153.